The summed E-state index contributed by atoms with van der Waals surface area (Å²) < 4.78 is 5.36. The van der Waals surface area contributed by atoms with Crippen molar-refractivity contribution in [2.75, 3.05) is 0 Å². The molecule has 0 aromatic heterocycles. The number of amides is 1. The number of hydrogen-bond donors (Lipinski definition) is 1. The van der Waals surface area contributed by atoms with Crippen molar-refractivity contribution in [1.29, 1.82) is 0 Å². The van der Waals surface area contributed by atoms with Crippen molar-refractivity contribution < 1.29 is 14.6 Å². The van der Waals surface area contributed by atoms with Gasteiger partial charge < -0.3 is 14.7 Å². The number of hydrogen-bond acceptors (Lipinski definition) is 3. The molecule has 5 heteroatoms. The molecule has 0 aliphatic carbocycles. The van der Waals surface area contributed by atoms with E-state index in [4.69, 9.17) is 4.74 Å². The van der Waals surface area contributed by atoms with Gasteiger partial charge in [0.25, 0.3) is 0 Å². The maximum atomic E-state index is 12.4. The Morgan fingerprint density at radius 3 is 2.04 bits per heavy atom. The zero-order valence-electron chi connectivity index (χ0n) is 18.0. The van der Waals surface area contributed by atoms with Crippen LogP contribution in [0.3, 0.4) is 0 Å². The highest BCUT2D eigenvalue weighted by Gasteiger charge is 2.34. The van der Waals surface area contributed by atoms with Crippen LogP contribution >= 0.6 is 0 Å². The molecule has 0 radical (unpaired) electrons. The molecule has 27 heavy (non-hydrogen) atoms. The molecular formula is C22H35NO3Si. The van der Waals surface area contributed by atoms with Crippen molar-refractivity contribution in [1.82, 2.24) is 4.90 Å². The van der Waals surface area contributed by atoms with Crippen molar-refractivity contribution in [2.24, 2.45) is 5.92 Å². The fraction of sp³-hybridized carbons (Fsp3) is 0.545. The van der Waals surface area contributed by atoms with Crippen LogP contribution in [0.25, 0.3) is 0 Å². The molecule has 0 saturated heterocycles. The van der Waals surface area contributed by atoms with E-state index in [2.05, 4.69) is 31.0 Å². The summed E-state index contributed by atoms with van der Waals surface area (Å²) in [4.78, 5) is 14.1. The number of carbonyl (C=O) groups excluding carboxylic acids is 1. The second-order valence-corrected chi connectivity index (χ2v) is 12.7. The van der Waals surface area contributed by atoms with Gasteiger partial charge in [-0.1, -0.05) is 68.2 Å². The summed E-state index contributed by atoms with van der Waals surface area (Å²) in [6.45, 7) is 16.2. The Kier molecular flexibility index (Phi) is 8.54. The van der Waals surface area contributed by atoms with Gasteiger partial charge >= 0.3 is 6.09 Å². The van der Waals surface area contributed by atoms with Crippen molar-refractivity contribution in [3.05, 3.63) is 47.5 Å². The standard InChI is InChI=1S/C22H35NO3Si/c1-16(2)21(24)20(27(7,8)19-12-10-9-11-13-19)14-15-26-22(25)23(17(3)4)18(5)6/h9-13,15-18,21,24H,1-8H3/t14?,21-/m0/s1. The van der Waals surface area contributed by atoms with E-state index in [1.807, 2.05) is 59.7 Å². The average Bonchev–Trinajstić information content (AvgIpc) is 2.58. The lowest BCUT2D eigenvalue weighted by molar-refractivity contribution is 0.109. The van der Waals surface area contributed by atoms with Crippen LogP contribution in [0.5, 0.6) is 0 Å². The maximum absolute atomic E-state index is 12.4. The third-order valence-electron chi connectivity index (χ3n) is 4.79. The lowest BCUT2D eigenvalue weighted by atomic mass is 10.1. The monoisotopic (exact) mass is 389 g/mol. The normalized spacial score (nSPS) is 12.7. The molecule has 1 aromatic rings. The molecule has 0 spiro atoms. The first-order valence-electron chi connectivity index (χ1n) is 9.68. The van der Waals surface area contributed by atoms with Crippen LogP contribution in [-0.2, 0) is 4.74 Å². The van der Waals surface area contributed by atoms with E-state index in [-0.39, 0.29) is 18.0 Å². The summed E-state index contributed by atoms with van der Waals surface area (Å²) >= 11 is 0. The lowest BCUT2D eigenvalue weighted by Gasteiger charge is -2.30. The van der Waals surface area contributed by atoms with E-state index >= 15 is 0 Å². The molecule has 0 unspecified atom stereocenters. The van der Waals surface area contributed by atoms with E-state index in [0.717, 1.165) is 5.20 Å². The smallest absolute Gasteiger partial charge is 0.410 e. The molecule has 1 N–H and O–H groups in total. The molecule has 1 aromatic carbocycles. The molecule has 0 bridgehead atoms. The maximum Gasteiger partial charge on any atom is 0.415 e. The van der Waals surface area contributed by atoms with Gasteiger partial charge in [0.1, 0.15) is 14.3 Å². The van der Waals surface area contributed by atoms with Gasteiger partial charge in [0, 0.05) is 12.1 Å². The Hall–Kier alpha value is -1.81. The average molecular weight is 390 g/mol. The molecule has 1 amide bonds. The summed E-state index contributed by atoms with van der Waals surface area (Å²) in [6.07, 6.45) is 0.289. The number of rotatable bonds is 7. The van der Waals surface area contributed by atoms with Crippen LogP contribution in [0.1, 0.15) is 41.5 Å². The molecule has 1 rings (SSSR count). The van der Waals surface area contributed by atoms with Crippen LogP contribution in [0.2, 0.25) is 13.1 Å². The molecule has 0 aliphatic heterocycles. The second kappa shape index (κ2) is 9.93. The molecule has 0 heterocycles. The van der Waals surface area contributed by atoms with E-state index in [9.17, 15) is 9.90 Å². The minimum atomic E-state index is -2.16. The Morgan fingerprint density at radius 2 is 1.59 bits per heavy atom. The summed E-state index contributed by atoms with van der Waals surface area (Å²) in [5.41, 5.74) is 3.14. The second-order valence-electron chi connectivity index (χ2n) is 8.33. The summed E-state index contributed by atoms with van der Waals surface area (Å²) in [7, 11) is -2.16. The van der Waals surface area contributed by atoms with Crippen LogP contribution in [0.15, 0.2) is 47.5 Å². The minimum Gasteiger partial charge on any atom is -0.410 e. The number of aliphatic hydroxyl groups excluding tert-OH is 1. The molecule has 150 valence electrons. The van der Waals surface area contributed by atoms with E-state index < -0.39 is 20.3 Å². The molecule has 0 aliphatic rings. The fourth-order valence-corrected chi connectivity index (χ4v) is 6.03. The first-order chi connectivity index (χ1) is 12.5. The Balaban J connectivity index is 3.24. The highest BCUT2D eigenvalue weighted by molar-refractivity contribution is 6.95. The zero-order valence-corrected chi connectivity index (χ0v) is 19.0. The molecule has 4 nitrogen and oxygen atoms in total. The van der Waals surface area contributed by atoms with Gasteiger partial charge in [0.05, 0.1) is 6.10 Å². The number of benzene rings is 1. The molecule has 0 fully saturated rings. The van der Waals surface area contributed by atoms with Crippen molar-refractivity contribution >= 4 is 19.4 Å². The largest absolute Gasteiger partial charge is 0.415 e. The predicted octanol–water partition coefficient (Wildman–Crippen LogP) is 4.45. The SMILES string of the molecule is CC(C)[C@H](O)C(=C=COC(=O)N(C(C)C)C(C)C)[Si](C)(C)c1ccccc1. The van der Waals surface area contributed by atoms with Gasteiger partial charge in [0.2, 0.25) is 0 Å². The van der Waals surface area contributed by atoms with Crippen LogP contribution in [0.4, 0.5) is 4.79 Å². The van der Waals surface area contributed by atoms with E-state index in [1.54, 1.807) is 4.90 Å². The Morgan fingerprint density at radius 1 is 1.07 bits per heavy atom. The number of ether oxygens (including phenoxy) is 1. The van der Waals surface area contributed by atoms with Gasteiger partial charge in [-0.05, 0) is 38.8 Å². The lowest BCUT2D eigenvalue weighted by Crippen LogP contribution is -2.48. The Labute approximate surface area is 165 Å². The highest BCUT2D eigenvalue weighted by atomic mass is 28.3. The number of nitrogens with zero attached hydrogens (tertiary/aromatic N) is 1. The summed E-state index contributed by atoms with van der Waals surface area (Å²) in [5.74, 6) is 0.0508. The topological polar surface area (TPSA) is 49.8 Å². The summed E-state index contributed by atoms with van der Waals surface area (Å²) in [5, 5.41) is 12.8. The van der Waals surface area contributed by atoms with Gasteiger partial charge in [-0.25, -0.2) is 4.79 Å². The van der Waals surface area contributed by atoms with Crippen molar-refractivity contribution in [3.8, 4) is 0 Å². The van der Waals surface area contributed by atoms with E-state index in [0.29, 0.717) is 0 Å². The van der Waals surface area contributed by atoms with Crippen LogP contribution in [-0.4, -0.2) is 42.4 Å². The molecule has 1 atom stereocenters. The van der Waals surface area contributed by atoms with Crippen molar-refractivity contribution in [3.63, 3.8) is 0 Å². The first kappa shape index (κ1) is 23.2. The van der Waals surface area contributed by atoms with Gasteiger partial charge in [0.15, 0.2) is 0 Å². The quantitative estimate of drug-likeness (QED) is 0.426. The van der Waals surface area contributed by atoms with Gasteiger partial charge in [-0.2, -0.15) is 0 Å². The highest BCUT2D eigenvalue weighted by Crippen LogP contribution is 2.22. The number of aliphatic hydroxyl groups is 1. The third kappa shape index (κ3) is 6.10. The van der Waals surface area contributed by atoms with Gasteiger partial charge in [-0.3, -0.25) is 0 Å². The molecular weight excluding hydrogens is 354 g/mol. The zero-order chi connectivity index (χ0) is 20.8. The minimum absolute atomic E-state index is 0.0470. The van der Waals surface area contributed by atoms with Crippen LogP contribution < -0.4 is 5.19 Å². The van der Waals surface area contributed by atoms with Gasteiger partial charge in [-0.15, -0.1) is 0 Å². The molecule has 0 saturated carbocycles. The summed E-state index contributed by atoms with van der Waals surface area (Å²) in [6, 6.07) is 10.3. The third-order valence-corrected chi connectivity index (χ3v) is 8.36. The van der Waals surface area contributed by atoms with E-state index in [1.165, 1.54) is 11.4 Å². The number of carbonyl (C=O) groups is 1. The fourth-order valence-electron chi connectivity index (χ4n) is 3.20. The van der Waals surface area contributed by atoms with Crippen LogP contribution in [0, 0.1) is 5.92 Å². The predicted molar refractivity (Wildman–Crippen MR) is 115 cm³/mol. The Bertz CT molecular complexity index is 666. The van der Waals surface area contributed by atoms with Crippen molar-refractivity contribution in [2.45, 2.75) is 72.8 Å². The first-order valence-corrected chi connectivity index (χ1v) is 12.7.